The van der Waals surface area contributed by atoms with E-state index in [1.54, 1.807) is 0 Å². The Morgan fingerprint density at radius 1 is 1.19 bits per heavy atom. The Hall–Kier alpha value is -2.08. The molecule has 1 aromatic carbocycles. The Labute approximate surface area is 93.9 Å². The Bertz CT molecular complexity index is 541. The highest BCUT2D eigenvalue weighted by molar-refractivity contribution is 5.59. The molecule has 1 aromatic heterocycles. The van der Waals surface area contributed by atoms with E-state index in [2.05, 4.69) is 11.2 Å². The van der Waals surface area contributed by atoms with Crippen molar-refractivity contribution < 1.29 is 0 Å². The van der Waals surface area contributed by atoms with Gasteiger partial charge >= 0.3 is 0 Å². The normalized spacial score (nSPS) is 14.7. The van der Waals surface area contributed by atoms with E-state index in [0.717, 1.165) is 11.3 Å². The maximum atomic E-state index is 8.71. The predicted molar refractivity (Wildman–Crippen MR) is 60.6 cm³/mol. The van der Waals surface area contributed by atoms with Crippen molar-refractivity contribution >= 4 is 0 Å². The molecule has 1 fully saturated rings. The van der Waals surface area contributed by atoms with E-state index in [1.165, 1.54) is 12.8 Å². The number of nitriles is 1. The summed E-state index contributed by atoms with van der Waals surface area (Å²) >= 11 is 0. The van der Waals surface area contributed by atoms with Gasteiger partial charge in [-0.3, -0.25) is 4.68 Å². The van der Waals surface area contributed by atoms with E-state index in [1.807, 2.05) is 41.2 Å². The minimum atomic E-state index is 0.618. The van der Waals surface area contributed by atoms with Crippen molar-refractivity contribution in [3.05, 3.63) is 42.1 Å². The second-order valence-corrected chi connectivity index (χ2v) is 4.10. The quantitative estimate of drug-likeness (QED) is 0.763. The smallest absolute Gasteiger partial charge is 0.0991 e. The van der Waals surface area contributed by atoms with Crippen LogP contribution in [-0.4, -0.2) is 9.78 Å². The first-order valence-corrected chi connectivity index (χ1v) is 5.42. The largest absolute Gasteiger partial charge is 0.269 e. The number of benzene rings is 1. The molecule has 1 aliphatic rings. The molecule has 3 nitrogen and oxygen atoms in total. The SMILES string of the molecule is N#Cc1ccc(-c2ccn(C3CC3)n2)cc1. The number of hydrogen-bond donors (Lipinski definition) is 0. The van der Waals surface area contributed by atoms with Crippen LogP contribution >= 0.6 is 0 Å². The first kappa shape index (κ1) is 9.17. The summed E-state index contributed by atoms with van der Waals surface area (Å²) in [7, 11) is 0. The van der Waals surface area contributed by atoms with Crippen molar-refractivity contribution in [1.29, 1.82) is 5.26 Å². The molecule has 0 N–H and O–H groups in total. The van der Waals surface area contributed by atoms with Crippen molar-refractivity contribution in [3.8, 4) is 17.3 Å². The van der Waals surface area contributed by atoms with Gasteiger partial charge < -0.3 is 0 Å². The monoisotopic (exact) mass is 209 g/mol. The zero-order valence-electron chi connectivity index (χ0n) is 8.80. The molecule has 16 heavy (non-hydrogen) atoms. The lowest BCUT2D eigenvalue weighted by Crippen LogP contribution is -1.93. The highest BCUT2D eigenvalue weighted by atomic mass is 15.3. The first-order valence-electron chi connectivity index (χ1n) is 5.42. The molecule has 0 unspecified atom stereocenters. The maximum absolute atomic E-state index is 8.71. The number of hydrogen-bond acceptors (Lipinski definition) is 2. The molecular formula is C13H11N3. The fraction of sp³-hybridized carbons (Fsp3) is 0.231. The van der Waals surface area contributed by atoms with Crippen LogP contribution in [0.15, 0.2) is 36.5 Å². The summed E-state index contributed by atoms with van der Waals surface area (Å²) in [6.45, 7) is 0. The Morgan fingerprint density at radius 2 is 1.94 bits per heavy atom. The van der Waals surface area contributed by atoms with Gasteiger partial charge in [-0.25, -0.2) is 0 Å². The Balaban J connectivity index is 1.92. The van der Waals surface area contributed by atoms with Gasteiger partial charge in [0.25, 0.3) is 0 Å². The maximum Gasteiger partial charge on any atom is 0.0991 e. The third-order valence-corrected chi connectivity index (χ3v) is 2.84. The van der Waals surface area contributed by atoms with E-state index < -0.39 is 0 Å². The summed E-state index contributed by atoms with van der Waals surface area (Å²) in [4.78, 5) is 0. The highest BCUT2D eigenvalue weighted by Crippen LogP contribution is 2.34. The van der Waals surface area contributed by atoms with Gasteiger partial charge in [0.2, 0.25) is 0 Å². The molecule has 1 aliphatic carbocycles. The van der Waals surface area contributed by atoms with Gasteiger partial charge in [-0.1, -0.05) is 12.1 Å². The van der Waals surface area contributed by atoms with Crippen LogP contribution < -0.4 is 0 Å². The van der Waals surface area contributed by atoms with Crippen molar-refractivity contribution in [1.82, 2.24) is 9.78 Å². The van der Waals surface area contributed by atoms with Crippen LogP contribution in [0, 0.1) is 11.3 Å². The molecule has 3 heteroatoms. The summed E-state index contributed by atoms with van der Waals surface area (Å²) in [5.74, 6) is 0. The van der Waals surface area contributed by atoms with Gasteiger partial charge in [0.05, 0.1) is 23.4 Å². The van der Waals surface area contributed by atoms with Crippen LogP contribution in [0.4, 0.5) is 0 Å². The zero-order chi connectivity index (χ0) is 11.0. The standard InChI is InChI=1S/C13H11N3/c14-9-10-1-3-11(4-2-10)13-7-8-16(15-13)12-5-6-12/h1-4,7-8,12H,5-6H2. The summed E-state index contributed by atoms with van der Waals surface area (Å²) in [6.07, 6.45) is 4.52. The third-order valence-electron chi connectivity index (χ3n) is 2.84. The van der Waals surface area contributed by atoms with E-state index in [4.69, 9.17) is 5.26 Å². The molecule has 78 valence electrons. The minimum Gasteiger partial charge on any atom is -0.269 e. The molecular weight excluding hydrogens is 198 g/mol. The molecule has 2 aromatic rings. The lowest BCUT2D eigenvalue weighted by atomic mass is 10.1. The van der Waals surface area contributed by atoms with Gasteiger partial charge in [0.15, 0.2) is 0 Å². The van der Waals surface area contributed by atoms with Crippen LogP contribution in [0.3, 0.4) is 0 Å². The average molecular weight is 209 g/mol. The third kappa shape index (κ3) is 1.59. The van der Waals surface area contributed by atoms with Gasteiger partial charge in [-0.2, -0.15) is 10.4 Å². The summed E-state index contributed by atoms with van der Waals surface area (Å²) in [6, 6.07) is 12.3. The fourth-order valence-electron chi connectivity index (χ4n) is 1.75. The lowest BCUT2D eigenvalue weighted by molar-refractivity contribution is 0.644. The van der Waals surface area contributed by atoms with Gasteiger partial charge in [0.1, 0.15) is 0 Å². The average Bonchev–Trinajstić information content (AvgIpc) is 3.08. The summed E-state index contributed by atoms with van der Waals surface area (Å²) in [5.41, 5.74) is 2.74. The van der Waals surface area contributed by atoms with E-state index >= 15 is 0 Å². The number of nitrogens with zero attached hydrogens (tertiary/aromatic N) is 3. The zero-order valence-corrected chi connectivity index (χ0v) is 8.80. The molecule has 0 saturated heterocycles. The van der Waals surface area contributed by atoms with Crippen molar-refractivity contribution in [2.45, 2.75) is 18.9 Å². The van der Waals surface area contributed by atoms with Crippen LogP contribution in [0.1, 0.15) is 24.4 Å². The minimum absolute atomic E-state index is 0.618. The van der Waals surface area contributed by atoms with Crippen molar-refractivity contribution in [2.75, 3.05) is 0 Å². The molecule has 0 bridgehead atoms. The predicted octanol–water partition coefficient (Wildman–Crippen LogP) is 2.76. The van der Waals surface area contributed by atoms with Gasteiger partial charge in [0, 0.05) is 11.8 Å². The van der Waals surface area contributed by atoms with E-state index in [9.17, 15) is 0 Å². The summed E-state index contributed by atoms with van der Waals surface area (Å²) < 4.78 is 2.04. The van der Waals surface area contributed by atoms with Crippen molar-refractivity contribution in [3.63, 3.8) is 0 Å². The van der Waals surface area contributed by atoms with Crippen LogP contribution in [0.25, 0.3) is 11.3 Å². The molecule has 1 heterocycles. The molecule has 0 spiro atoms. The molecule has 0 amide bonds. The number of aromatic nitrogens is 2. The van der Waals surface area contributed by atoms with E-state index in [-0.39, 0.29) is 0 Å². The van der Waals surface area contributed by atoms with Gasteiger partial charge in [-0.05, 0) is 31.0 Å². The molecule has 3 rings (SSSR count). The van der Waals surface area contributed by atoms with Crippen LogP contribution in [-0.2, 0) is 0 Å². The second-order valence-electron chi connectivity index (χ2n) is 4.10. The molecule has 0 radical (unpaired) electrons. The second kappa shape index (κ2) is 3.49. The Morgan fingerprint density at radius 3 is 2.56 bits per heavy atom. The van der Waals surface area contributed by atoms with Crippen LogP contribution in [0.5, 0.6) is 0 Å². The Kier molecular flexibility index (Phi) is 2.00. The number of rotatable bonds is 2. The molecule has 0 atom stereocenters. The van der Waals surface area contributed by atoms with Crippen LogP contribution in [0.2, 0.25) is 0 Å². The first-order chi connectivity index (χ1) is 7.86. The van der Waals surface area contributed by atoms with E-state index in [0.29, 0.717) is 11.6 Å². The lowest BCUT2D eigenvalue weighted by Gasteiger charge is -1.97. The highest BCUT2D eigenvalue weighted by Gasteiger charge is 2.24. The molecule has 0 aliphatic heterocycles. The molecule has 1 saturated carbocycles. The topological polar surface area (TPSA) is 41.6 Å². The summed E-state index contributed by atoms with van der Waals surface area (Å²) in [5, 5.41) is 13.2. The fourth-order valence-corrected chi connectivity index (χ4v) is 1.75. The van der Waals surface area contributed by atoms with Crippen molar-refractivity contribution in [2.24, 2.45) is 0 Å². The van der Waals surface area contributed by atoms with Gasteiger partial charge in [-0.15, -0.1) is 0 Å².